The lowest BCUT2D eigenvalue weighted by atomic mass is 9.76. The summed E-state index contributed by atoms with van der Waals surface area (Å²) >= 11 is 0. The first kappa shape index (κ1) is 18.9. The number of hydrogen-bond donors (Lipinski definition) is 2. The molecule has 0 bridgehead atoms. The van der Waals surface area contributed by atoms with E-state index in [9.17, 15) is 8.42 Å². The fourth-order valence-electron chi connectivity index (χ4n) is 2.77. The molecule has 1 saturated carbocycles. The summed E-state index contributed by atoms with van der Waals surface area (Å²) in [6, 6.07) is 0.441. The molecule has 0 aromatic heterocycles. The Kier molecular flexibility index (Phi) is 7.60. The van der Waals surface area contributed by atoms with Crippen molar-refractivity contribution in [1.82, 2.24) is 14.3 Å². The highest BCUT2D eigenvalue weighted by Gasteiger charge is 2.29. The van der Waals surface area contributed by atoms with E-state index in [0.29, 0.717) is 19.1 Å². The van der Waals surface area contributed by atoms with Crippen LogP contribution < -0.4 is 10.0 Å². The van der Waals surface area contributed by atoms with Crippen LogP contribution in [-0.2, 0) is 10.2 Å². The number of nitrogens with one attached hydrogen (secondary N) is 2. The van der Waals surface area contributed by atoms with E-state index >= 15 is 0 Å². The summed E-state index contributed by atoms with van der Waals surface area (Å²) in [4.78, 5) is 0. The molecule has 6 heteroatoms. The highest BCUT2D eigenvalue weighted by Crippen LogP contribution is 2.35. The summed E-state index contributed by atoms with van der Waals surface area (Å²) in [7, 11) is -1.69. The molecule has 21 heavy (non-hydrogen) atoms. The molecule has 2 N–H and O–H groups in total. The Morgan fingerprint density at radius 2 is 1.81 bits per heavy atom. The van der Waals surface area contributed by atoms with Crippen LogP contribution in [0.1, 0.15) is 59.3 Å². The van der Waals surface area contributed by atoms with Crippen LogP contribution in [0.25, 0.3) is 0 Å². The largest absolute Gasteiger partial charge is 0.314 e. The van der Waals surface area contributed by atoms with Crippen molar-refractivity contribution in [3.63, 3.8) is 0 Å². The van der Waals surface area contributed by atoms with Crippen molar-refractivity contribution in [2.45, 2.75) is 65.3 Å². The summed E-state index contributed by atoms with van der Waals surface area (Å²) in [6.07, 6.45) is 6.79. The van der Waals surface area contributed by atoms with Gasteiger partial charge in [-0.2, -0.15) is 12.7 Å². The molecule has 0 aliphatic heterocycles. The minimum atomic E-state index is -3.34. The van der Waals surface area contributed by atoms with E-state index in [1.807, 2.05) is 0 Å². The van der Waals surface area contributed by atoms with Crippen molar-refractivity contribution < 1.29 is 8.42 Å². The second-order valence-corrected chi connectivity index (χ2v) is 8.84. The number of nitrogens with zero attached hydrogens (tertiary/aromatic N) is 1. The molecule has 0 saturated heterocycles. The molecule has 0 atom stereocenters. The Labute approximate surface area is 131 Å². The molecule has 0 heterocycles. The maximum Gasteiger partial charge on any atom is 0.279 e. The van der Waals surface area contributed by atoms with Crippen molar-refractivity contribution >= 4 is 10.2 Å². The SMILES string of the molecule is CC(C)NCCCN(C)S(=O)(=O)NCC1(C)CCCCC1. The predicted octanol–water partition coefficient (Wildman–Crippen LogP) is 2.11. The van der Waals surface area contributed by atoms with Crippen molar-refractivity contribution in [3.8, 4) is 0 Å². The zero-order valence-corrected chi connectivity index (χ0v) is 14.9. The fourth-order valence-corrected chi connectivity index (χ4v) is 3.89. The first-order valence-electron chi connectivity index (χ1n) is 8.19. The quantitative estimate of drug-likeness (QED) is 0.640. The summed E-state index contributed by atoms with van der Waals surface area (Å²) in [5.41, 5.74) is 0.130. The van der Waals surface area contributed by atoms with Gasteiger partial charge in [0.1, 0.15) is 0 Å². The third-order valence-electron chi connectivity index (χ3n) is 4.35. The van der Waals surface area contributed by atoms with Crippen molar-refractivity contribution in [1.29, 1.82) is 0 Å². The van der Waals surface area contributed by atoms with E-state index in [-0.39, 0.29) is 5.41 Å². The monoisotopic (exact) mass is 319 g/mol. The Morgan fingerprint density at radius 3 is 2.38 bits per heavy atom. The predicted molar refractivity (Wildman–Crippen MR) is 88.5 cm³/mol. The lowest BCUT2D eigenvalue weighted by Gasteiger charge is -2.34. The van der Waals surface area contributed by atoms with E-state index in [4.69, 9.17) is 0 Å². The third-order valence-corrected chi connectivity index (χ3v) is 5.87. The molecule has 1 rings (SSSR count). The number of rotatable bonds is 9. The Hall–Kier alpha value is -0.170. The van der Waals surface area contributed by atoms with Crippen LogP contribution in [0.5, 0.6) is 0 Å². The topological polar surface area (TPSA) is 61.4 Å². The van der Waals surface area contributed by atoms with Crippen LogP contribution >= 0.6 is 0 Å². The summed E-state index contributed by atoms with van der Waals surface area (Å²) < 4.78 is 28.7. The Morgan fingerprint density at radius 1 is 1.19 bits per heavy atom. The van der Waals surface area contributed by atoms with Gasteiger partial charge in [0, 0.05) is 26.2 Å². The first-order valence-corrected chi connectivity index (χ1v) is 9.63. The van der Waals surface area contributed by atoms with Crippen LogP contribution in [0.3, 0.4) is 0 Å². The molecule has 0 radical (unpaired) electrons. The minimum absolute atomic E-state index is 0.130. The van der Waals surface area contributed by atoms with Crippen LogP contribution in [0.4, 0.5) is 0 Å². The molecule has 0 spiro atoms. The molecule has 0 unspecified atom stereocenters. The third kappa shape index (κ3) is 7.08. The molecule has 5 nitrogen and oxygen atoms in total. The van der Waals surface area contributed by atoms with Gasteiger partial charge >= 0.3 is 0 Å². The summed E-state index contributed by atoms with van der Waals surface area (Å²) in [6.45, 7) is 8.33. The van der Waals surface area contributed by atoms with Gasteiger partial charge in [-0.3, -0.25) is 0 Å². The molecule has 0 aromatic carbocycles. The van der Waals surface area contributed by atoms with E-state index in [2.05, 4.69) is 30.8 Å². The van der Waals surface area contributed by atoms with Gasteiger partial charge in [-0.1, -0.05) is 40.0 Å². The highest BCUT2D eigenvalue weighted by molar-refractivity contribution is 7.87. The van der Waals surface area contributed by atoms with Gasteiger partial charge in [-0.15, -0.1) is 0 Å². The van der Waals surface area contributed by atoms with E-state index < -0.39 is 10.2 Å². The van der Waals surface area contributed by atoms with Crippen molar-refractivity contribution in [2.24, 2.45) is 5.41 Å². The van der Waals surface area contributed by atoms with Gasteiger partial charge in [0.2, 0.25) is 0 Å². The van der Waals surface area contributed by atoms with Crippen LogP contribution in [0.2, 0.25) is 0 Å². The van der Waals surface area contributed by atoms with Crippen LogP contribution in [-0.4, -0.2) is 45.4 Å². The van der Waals surface area contributed by atoms with Gasteiger partial charge in [-0.05, 0) is 31.2 Å². The van der Waals surface area contributed by atoms with Gasteiger partial charge in [0.15, 0.2) is 0 Å². The molecule has 126 valence electrons. The number of hydrogen-bond acceptors (Lipinski definition) is 3. The smallest absolute Gasteiger partial charge is 0.279 e. The zero-order valence-electron chi connectivity index (χ0n) is 14.1. The lowest BCUT2D eigenvalue weighted by molar-refractivity contribution is 0.217. The van der Waals surface area contributed by atoms with E-state index in [1.165, 1.54) is 23.6 Å². The molecular formula is C15H33N3O2S. The Bertz CT molecular complexity index is 390. The molecular weight excluding hydrogens is 286 g/mol. The van der Waals surface area contributed by atoms with Crippen molar-refractivity contribution in [2.75, 3.05) is 26.7 Å². The van der Waals surface area contributed by atoms with Gasteiger partial charge in [-0.25, -0.2) is 4.72 Å². The molecule has 0 aromatic rings. The molecule has 0 amide bonds. The van der Waals surface area contributed by atoms with Gasteiger partial charge < -0.3 is 5.32 Å². The molecule has 1 fully saturated rings. The second-order valence-electron chi connectivity index (χ2n) is 6.98. The maximum atomic E-state index is 12.2. The normalized spacial score (nSPS) is 19.3. The lowest BCUT2D eigenvalue weighted by Crippen LogP contribution is -2.44. The summed E-state index contributed by atoms with van der Waals surface area (Å²) in [5.74, 6) is 0. The molecule has 1 aliphatic rings. The average Bonchev–Trinajstić information content (AvgIpc) is 2.42. The average molecular weight is 320 g/mol. The maximum absolute atomic E-state index is 12.2. The minimum Gasteiger partial charge on any atom is -0.314 e. The molecule has 1 aliphatic carbocycles. The van der Waals surface area contributed by atoms with Gasteiger partial charge in [0.05, 0.1) is 0 Å². The highest BCUT2D eigenvalue weighted by atomic mass is 32.2. The Balaban J connectivity index is 2.34. The van der Waals surface area contributed by atoms with Gasteiger partial charge in [0.25, 0.3) is 10.2 Å². The zero-order chi connectivity index (χ0) is 15.9. The van der Waals surface area contributed by atoms with E-state index in [0.717, 1.165) is 25.8 Å². The summed E-state index contributed by atoms with van der Waals surface area (Å²) in [5, 5.41) is 3.30. The fraction of sp³-hybridized carbons (Fsp3) is 1.00. The second kappa shape index (κ2) is 8.46. The van der Waals surface area contributed by atoms with Crippen molar-refractivity contribution in [3.05, 3.63) is 0 Å². The van der Waals surface area contributed by atoms with Crippen LogP contribution in [0.15, 0.2) is 0 Å². The van der Waals surface area contributed by atoms with Crippen LogP contribution in [0, 0.1) is 5.41 Å². The first-order chi connectivity index (χ1) is 9.75. The standard InChI is InChI=1S/C15H33N3O2S/c1-14(2)16-11-8-12-18(4)21(19,20)17-13-15(3)9-6-5-7-10-15/h14,16-17H,5-13H2,1-4H3. The van der Waals surface area contributed by atoms with E-state index in [1.54, 1.807) is 7.05 Å².